The van der Waals surface area contributed by atoms with E-state index in [0.29, 0.717) is 25.1 Å². The lowest BCUT2D eigenvalue weighted by Crippen LogP contribution is -2.29. The van der Waals surface area contributed by atoms with Crippen LogP contribution in [-0.2, 0) is 9.53 Å². The summed E-state index contributed by atoms with van der Waals surface area (Å²) in [4.78, 5) is 24.8. The van der Waals surface area contributed by atoms with E-state index in [1.165, 1.54) is 4.90 Å². The molecule has 1 amide bonds. The molecule has 1 aliphatic heterocycles. The van der Waals surface area contributed by atoms with Crippen molar-refractivity contribution >= 4 is 17.6 Å². The molecule has 2 N–H and O–H groups in total. The maximum Gasteiger partial charge on any atom is 0.341 e. The van der Waals surface area contributed by atoms with E-state index in [1.54, 1.807) is 7.05 Å². The zero-order valence-electron chi connectivity index (χ0n) is 10.2. The van der Waals surface area contributed by atoms with Gasteiger partial charge in [-0.05, 0) is 6.07 Å². The van der Waals surface area contributed by atoms with Gasteiger partial charge in [0, 0.05) is 31.8 Å². The first-order valence-corrected chi connectivity index (χ1v) is 5.60. The first-order chi connectivity index (χ1) is 8.90. The van der Waals surface area contributed by atoms with Crippen molar-refractivity contribution in [2.24, 2.45) is 0 Å². The quantitative estimate of drug-likeness (QED) is 0.641. The second-order valence-electron chi connectivity index (χ2n) is 4.30. The normalized spacial score (nSPS) is 18.8. The second kappa shape index (κ2) is 4.83. The smallest absolute Gasteiger partial charge is 0.341 e. The fraction of sp³-hybridized carbons (Fsp3) is 0.333. The lowest BCUT2D eigenvalue weighted by Gasteiger charge is -2.12. The Morgan fingerprint density at radius 2 is 2.05 bits per heavy atom. The van der Waals surface area contributed by atoms with E-state index in [-0.39, 0.29) is 17.2 Å². The van der Waals surface area contributed by atoms with Gasteiger partial charge in [0.15, 0.2) is 17.7 Å². The molecule has 1 saturated heterocycles. The molecule has 1 heterocycles. The Balaban J connectivity index is 2.17. The Hall–Kier alpha value is -2.18. The van der Waals surface area contributed by atoms with Crippen molar-refractivity contribution in [1.82, 2.24) is 4.90 Å². The third-order valence-electron chi connectivity index (χ3n) is 2.94. The molecule has 1 aromatic rings. The van der Waals surface area contributed by atoms with Crippen molar-refractivity contribution in [3.05, 3.63) is 29.3 Å². The van der Waals surface area contributed by atoms with Crippen LogP contribution in [0.15, 0.2) is 12.1 Å². The van der Waals surface area contributed by atoms with Crippen LogP contribution in [0, 0.1) is 11.6 Å². The Kier molecular flexibility index (Phi) is 3.37. The average molecular weight is 270 g/mol. The third-order valence-corrected chi connectivity index (χ3v) is 2.94. The van der Waals surface area contributed by atoms with Gasteiger partial charge in [-0.25, -0.2) is 13.6 Å². The standard InChI is InChI=1S/C12H12F2N2O3/c1-16-3-2-10(11(16)17)19-12(18)6-4-7(13)8(14)5-9(6)15/h4-5,10H,2-3,15H2,1H3. The number of hydrogen-bond acceptors (Lipinski definition) is 4. The van der Waals surface area contributed by atoms with Crippen LogP contribution in [0.25, 0.3) is 0 Å². The Labute approximate surface area is 107 Å². The number of rotatable bonds is 2. The molecule has 2 rings (SSSR count). The van der Waals surface area contributed by atoms with Crippen molar-refractivity contribution in [3.63, 3.8) is 0 Å². The van der Waals surface area contributed by atoms with Crippen molar-refractivity contribution in [2.75, 3.05) is 19.3 Å². The minimum atomic E-state index is -1.20. The number of carbonyl (C=O) groups excluding carboxylic acids is 2. The molecule has 1 aliphatic rings. The summed E-state index contributed by atoms with van der Waals surface area (Å²) in [5.74, 6) is -3.61. The summed E-state index contributed by atoms with van der Waals surface area (Å²) >= 11 is 0. The van der Waals surface area contributed by atoms with Gasteiger partial charge < -0.3 is 15.4 Å². The van der Waals surface area contributed by atoms with Gasteiger partial charge in [-0.15, -0.1) is 0 Å². The minimum absolute atomic E-state index is 0.234. The maximum absolute atomic E-state index is 13.1. The predicted molar refractivity (Wildman–Crippen MR) is 62.2 cm³/mol. The zero-order chi connectivity index (χ0) is 14.2. The van der Waals surface area contributed by atoms with E-state index in [9.17, 15) is 18.4 Å². The van der Waals surface area contributed by atoms with Crippen molar-refractivity contribution in [2.45, 2.75) is 12.5 Å². The monoisotopic (exact) mass is 270 g/mol. The lowest BCUT2D eigenvalue weighted by molar-refractivity contribution is -0.133. The van der Waals surface area contributed by atoms with Gasteiger partial charge in [-0.2, -0.15) is 0 Å². The van der Waals surface area contributed by atoms with Crippen LogP contribution < -0.4 is 5.73 Å². The molecule has 0 radical (unpaired) electrons. The molecule has 1 atom stereocenters. The van der Waals surface area contributed by atoms with Crippen molar-refractivity contribution < 1.29 is 23.1 Å². The van der Waals surface area contributed by atoms with Gasteiger partial charge in [0.25, 0.3) is 5.91 Å². The van der Waals surface area contributed by atoms with Crippen LogP contribution in [0.2, 0.25) is 0 Å². The molecule has 0 bridgehead atoms. The number of ether oxygens (including phenoxy) is 1. The van der Waals surface area contributed by atoms with E-state index < -0.39 is 23.7 Å². The Morgan fingerprint density at radius 1 is 1.42 bits per heavy atom. The molecule has 1 aromatic carbocycles. The summed E-state index contributed by atoms with van der Waals surface area (Å²) in [5, 5.41) is 0. The first-order valence-electron chi connectivity index (χ1n) is 5.60. The number of halogens is 2. The number of nitrogens with zero attached hydrogens (tertiary/aromatic N) is 1. The van der Waals surface area contributed by atoms with Gasteiger partial charge in [-0.1, -0.05) is 0 Å². The summed E-state index contributed by atoms with van der Waals surface area (Å²) in [5.41, 5.74) is 4.90. The van der Waals surface area contributed by atoms with Crippen molar-refractivity contribution in [1.29, 1.82) is 0 Å². The molecule has 19 heavy (non-hydrogen) atoms. The van der Waals surface area contributed by atoms with E-state index in [0.717, 1.165) is 0 Å². The number of likely N-dealkylation sites (N-methyl/N-ethyl adjacent to an activating group) is 1. The molecule has 0 saturated carbocycles. The molecule has 102 valence electrons. The van der Waals surface area contributed by atoms with Crippen LogP contribution in [0.3, 0.4) is 0 Å². The fourth-order valence-electron chi connectivity index (χ4n) is 1.83. The molecule has 0 spiro atoms. The molecule has 1 fully saturated rings. The summed E-state index contributed by atoms with van der Waals surface area (Å²) in [6.45, 7) is 0.476. The largest absolute Gasteiger partial charge is 0.449 e. The van der Waals surface area contributed by atoms with Crippen LogP contribution in [-0.4, -0.2) is 36.5 Å². The van der Waals surface area contributed by atoms with Crippen LogP contribution >= 0.6 is 0 Å². The molecule has 5 nitrogen and oxygen atoms in total. The average Bonchev–Trinajstić information content (AvgIpc) is 2.65. The van der Waals surface area contributed by atoms with E-state index in [4.69, 9.17) is 10.5 Å². The minimum Gasteiger partial charge on any atom is -0.449 e. The van der Waals surface area contributed by atoms with Crippen LogP contribution in [0.5, 0.6) is 0 Å². The van der Waals surface area contributed by atoms with Crippen LogP contribution in [0.4, 0.5) is 14.5 Å². The fourth-order valence-corrected chi connectivity index (χ4v) is 1.83. The number of hydrogen-bond donors (Lipinski definition) is 1. The summed E-state index contributed by atoms with van der Waals surface area (Å²) < 4.78 is 30.9. The van der Waals surface area contributed by atoms with Crippen LogP contribution in [0.1, 0.15) is 16.8 Å². The lowest BCUT2D eigenvalue weighted by atomic mass is 10.1. The molecule has 0 aliphatic carbocycles. The molecular formula is C12H12F2N2O3. The number of anilines is 1. The molecular weight excluding hydrogens is 258 g/mol. The predicted octanol–water partition coefficient (Wildman–Crippen LogP) is 0.935. The Morgan fingerprint density at radius 3 is 2.63 bits per heavy atom. The number of carbonyl (C=O) groups is 2. The van der Waals surface area contributed by atoms with E-state index >= 15 is 0 Å². The molecule has 7 heteroatoms. The number of nitrogens with two attached hydrogens (primary N) is 1. The highest BCUT2D eigenvalue weighted by Gasteiger charge is 2.33. The van der Waals surface area contributed by atoms with Gasteiger partial charge in [0.1, 0.15) is 0 Å². The van der Waals surface area contributed by atoms with Gasteiger partial charge >= 0.3 is 5.97 Å². The highest BCUT2D eigenvalue weighted by Crippen LogP contribution is 2.20. The summed E-state index contributed by atoms with van der Waals surface area (Å²) in [7, 11) is 1.59. The number of esters is 1. The van der Waals surface area contributed by atoms with Gasteiger partial charge in [-0.3, -0.25) is 4.79 Å². The molecule has 1 unspecified atom stereocenters. The second-order valence-corrected chi connectivity index (χ2v) is 4.30. The first kappa shape index (κ1) is 13.3. The summed E-state index contributed by atoms with van der Waals surface area (Å²) in [6.07, 6.45) is -0.532. The SMILES string of the molecule is CN1CCC(OC(=O)c2cc(F)c(F)cc2N)C1=O. The van der Waals surface area contributed by atoms with E-state index in [1.807, 2.05) is 0 Å². The maximum atomic E-state index is 13.1. The van der Waals surface area contributed by atoms with Gasteiger partial charge in [0.2, 0.25) is 0 Å². The Bertz CT molecular complexity index is 548. The number of benzene rings is 1. The topological polar surface area (TPSA) is 72.6 Å². The van der Waals surface area contributed by atoms with Crippen molar-refractivity contribution in [3.8, 4) is 0 Å². The highest BCUT2D eigenvalue weighted by molar-refractivity contribution is 5.97. The highest BCUT2D eigenvalue weighted by atomic mass is 19.2. The van der Waals surface area contributed by atoms with Gasteiger partial charge in [0.05, 0.1) is 5.56 Å². The number of amides is 1. The third kappa shape index (κ3) is 2.49. The summed E-state index contributed by atoms with van der Waals surface area (Å²) in [6, 6.07) is 1.37. The number of likely N-dealkylation sites (tertiary alicyclic amines) is 1. The number of nitrogen functional groups attached to an aromatic ring is 1. The molecule has 0 aromatic heterocycles. The van der Waals surface area contributed by atoms with E-state index in [2.05, 4.69) is 0 Å². The zero-order valence-corrected chi connectivity index (χ0v) is 10.2.